The molecule has 0 saturated carbocycles. The molecule has 3 aromatic heterocycles. The van der Waals surface area contributed by atoms with Gasteiger partial charge in [0.2, 0.25) is 0 Å². The van der Waals surface area contributed by atoms with E-state index in [0.717, 1.165) is 39.8 Å². The highest BCUT2D eigenvalue weighted by Crippen LogP contribution is 2.30. The average molecular weight is 364 g/mol. The molecule has 22 heavy (non-hydrogen) atoms. The van der Waals surface area contributed by atoms with Gasteiger partial charge in [0.15, 0.2) is 5.65 Å². The summed E-state index contributed by atoms with van der Waals surface area (Å²) in [5.41, 5.74) is 15.5. The van der Waals surface area contributed by atoms with E-state index < -0.39 is 0 Å². The Balaban J connectivity index is 2.13. The maximum atomic E-state index is 6.18. The molecule has 0 aliphatic rings. The fraction of sp³-hybridized carbons (Fsp3) is 0.357. The predicted octanol–water partition coefficient (Wildman–Crippen LogP) is 1.75. The number of hydrogen-bond acceptors (Lipinski definition) is 5. The Bertz CT molecular complexity index is 818. The van der Waals surface area contributed by atoms with Gasteiger partial charge in [-0.05, 0) is 35.7 Å². The molecule has 4 N–H and O–H groups in total. The van der Waals surface area contributed by atoms with E-state index in [1.807, 2.05) is 20.2 Å². The fourth-order valence-corrected chi connectivity index (χ4v) is 2.79. The average Bonchev–Trinajstić information content (AvgIpc) is 3.07. The second kappa shape index (κ2) is 5.69. The van der Waals surface area contributed by atoms with E-state index in [1.54, 1.807) is 21.6 Å². The lowest BCUT2D eigenvalue weighted by Gasteiger charge is -2.10. The first-order chi connectivity index (χ1) is 10.5. The first-order valence-corrected chi connectivity index (χ1v) is 7.83. The molecule has 3 heterocycles. The lowest BCUT2D eigenvalue weighted by molar-refractivity contribution is 0.656. The van der Waals surface area contributed by atoms with Gasteiger partial charge in [-0.3, -0.25) is 4.68 Å². The van der Waals surface area contributed by atoms with E-state index >= 15 is 0 Å². The van der Waals surface area contributed by atoms with Gasteiger partial charge in [-0.1, -0.05) is 0 Å². The Labute approximate surface area is 136 Å². The number of aryl methyl sites for hydroxylation is 2. The van der Waals surface area contributed by atoms with Crippen LogP contribution in [-0.2, 0) is 13.5 Å². The molecule has 0 radical (unpaired) electrons. The summed E-state index contributed by atoms with van der Waals surface area (Å²) in [5, 5.41) is 8.53. The second-order valence-corrected chi connectivity index (χ2v) is 6.26. The summed E-state index contributed by atoms with van der Waals surface area (Å²) < 4.78 is 4.17. The van der Waals surface area contributed by atoms with Crippen LogP contribution < -0.4 is 11.5 Å². The molecule has 0 amide bonds. The molecule has 0 aromatic carbocycles. The van der Waals surface area contributed by atoms with E-state index in [1.165, 1.54) is 0 Å². The van der Waals surface area contributed by atoms with Crippen molar-refractivity contribution in [2.45, 2.75) is 25.8 Å². The lowest BCUT2D eigenvalue weighted by Crippen LogP contribution is -2.16. The minimum Gasteiger partial charge on any atom is -0.383 e. The van der Waals surface area contributed by atoms with E-state index in [9.17, 15) is 0 Å². The lowest BCUT2D eigenvalue weighted by atomic mass is 10.1. The number of fused-ring (bicyclic) bond motifs is 1. The van der Waals surface area contributed by atoms with Gasteiger partial charge in [-0.2, -0.15) is 14.7 Å². The van der Waals surface area contributed by atoms with E-state index in [-0.39, 0.29) is 6.04 Å². The van der Waals surface area contributed by atoms with Gasteiger partial charge in [-0.25, -0.2) is 4.98 Å². The Morgan fingerprint density at radius 1 is 1.32 bits per heavy atom. The highest BCUT2D eigenvalue weighted by molar-refractivity contribution is 9.10. The molecule has 1 unspecified atom stereocenters. The number of halogens is 1. The Kier molecular flexibility index (Phi) is 3.88. The fourth-order valence-electron chi connectivity index (χ4n) is 2.34. The third-order valence-corrected chi connectivity index (χ3v) is 4.41. The van der Waals surface area contributed by atoms with Crippen molar-refractivity contribution in [3.05, 3.63) is 28.8 Å². The van der Waals surface area contributed by atoms with Crippen LogP contribution in [0.1, 0.15) is 19.0 Å². The molecule has 0 spiro atoms. The molecule has 0 fully saturated rings. The summed E-state index contributed by atoms with van der Waals surface area (Å²) >= 11 is 3.52. The quantitative estimate of drug-likeness (QED) is 0.735. The summed E-state index contributed by atoms with van der Waals surface area (Å²) in [7, 11) is 1.88. The Hall–Kier alpha value is -1.93. The zero-order valence-electron chi connectivity index (χ0n) is 12.5. The zero-order valence-corrected chi connectivity index (χ0v) is 14.1. The largest absolute Gasteiger partial charge is 0.383 e. The van der Waals surface area contributed by atoms with Crippen molar-refractivity contribution < 1.29 is 0 Å². The van der Waals surface area contributed by atoms with Gasteiger partial charge >= 0.3 is 0 Å². The normalized spacial score (nSPS) is 12.9. The first-order valence-electron chi connectivity index (χ1n) is 7.03. The highest BCUT2D eigenvalue weighted by atomic mass is 79.9. The second-order valence-electron chi connectivity index (χ2n) is 5.47. The number of nitrogens with two attached hydrogens (primary N) is 2. The van der Waals surface area contributed by atoms with Crippen LogP contribution in [0.4, 0.5) is 5.82 Å². The van der Waals surface area contributed by atoms with Crippen LogP contribution in [0.3, 0.4) is 0 Å². The summed E-state index contributed by atoms with van der Waals surface area (Å²) in [6.07, 6.45) is 7.09. The van der Waals surface area contributed by atoms with E-state index in [2.05, 4.69) is 26.1 Å². The van der Waals surface area contributed by atoms with Crippen molar-refractivity contribution in [1.29, 1.82) is 0 Å². The number of nitrogens with zero attached hydrogens (tertiary/aromatic N) is 5. The van der Waals surface area contributed by atoms with Gasteiger partial charge in [0, 0.05) is 30.4 Å². The molecule has 0 bridgehead atoms. The SMILES string of the molecule is CC(N)CCc1nc2c(-c3cnn(C)c3)cnn2c(N)c1Br. The van der Waals surface area contributed by atoms with Crippen molar-refractivity contribution in [2.24, 2.45) is 12.8 Å². The van der Waals surface area contributed by atoms with Gasteiger partial charge in [-0.15, -0.1) is 0 Å². The van der Waals surface area contributed by atoms with E-state index in [4.69, 9.17) is 16.5 Å². The molecular weight excluding hydrogens is 346 g/mol. The standard InChI is InChI=1S/C14H18BrN7/c1-8(16)3-4-11-12(15)13(17)22-14(20-11)10(6-19-22)9-5-18-21(2)7-9/h5-8H,3-4,16-17H2,1-2H3. The molecule has 3 rings (SSSR count). The Morgan fingerprint density at radius 3 is 2.73 bits per heavy atom. The van der Waals surface area contributed by atoms with Crippen LogP contribution in [0.25, 0.3) is 16.8 Å². The maximum absolute atomic E-state index is 6.18. The third kappa shape index (κ3) is 2.59. The third-order valence-electron chi connectivity index (χ3n) is 3.54. The highest BCUT2D eigenvalue weighted by Gasteiger charge is 2.16. The molecule has 7 nitrogen and oxygen atoms in total. The van der Waals surface area contributed by atoms with Crippen molar-refractivity contribution in [1.82, 2.24) is 24.4 Å². The van der Waals surface area contributed by atoms with Crippen LogP contribution in [0.5, 0.6) is 0 Å². The van der Waals surface area contributed by atoms with Crippen LogP contribution in [0.15, 0.2) is 23.1 Å². The number of aromatic nitrogens is 5. The molecular formula is C14H18BrN7. The minimum atomic E-state index is 0.119. The summed E-state index contributed by atoms with van der Waals surface area (Å²) in [4.78, 5) is 4.73. The first kappa shape index (κ1) is 15.0. The van der Waals surface area contributed by atoms with Crippen molar-refractivity contribution in [3.8, 4) is 11.1 Å². The topological polar surface area (TPSA) is 100 Å². The van der Waals surface area contributed by atoms with Crippen LogP contribution in [-0.4, -0.2) is 30.4 Å². The summed E-state index contributed by atoms with van der Waals surface area (Å²) in [5.74, 6) is 0.541. The van der Waals surface area contributed by atoms with Crippen LogP contribution in [0.2, 0.25) is 0 Å². The minimum absolute atomic E-state index is 0.119. The van der Waals surface area contributed by atoms with Crippen molar-refractivity contribution in [2.75, 3.05) is 5.73 Å². The molecule has 1 atom stereocenters. The summed E-state index contributed by atoms with van der Waals surface area (Å²) in [6.45, 7) is 1.98. The van der Waals surface area contributed by atoms with Gasteiger partial charge in [0.25, 0.3) is 0 Å². The number of rotatable bonds is 4. The van der Waals surface area contributed by atoms with Gasteiger partial charge < -0.3 is 11.5 Å². The monoisotopic (exact) mass is 363 g/mol. The summed E-state index contributed by atoms with van der Waals surface area (Å²) in [6, 6.07) is 0.119. The maximum Gasteiger partial charge on any atom is 0.165 e. The predicted molar refractivity (Wildman–Crippen MR) is 89.3 cm³/mol. The van der Waals surface area contributed by atoms with E-state index in [0.29, 0.717) is 5.82 Å². The number of hydrogen-bond donors (Lipinski definition) is 2. The zero-order chi connectivity index (χ0) is 15.9. The van der Waals surface area contributed by atoms with Gasteiger partial charge in [0.1, 0.15) is 5.82 Å². The molecule has 0 aliphatic carbocycles. The molecule has 0 aliphatic heterocycles. The van der Waals surface area contributed by atoms with Crippen molar-refractivity contribution >= 4 is 27.4 Å². The molecule has 0 saturated heterocycles. The Morgan fingerprint density at radius 2 is 2.09 bits per heavy atom. The van der Waals surface area contributed by atoms with Crippen LogP contribution >= 0.6 is 15.9 Å². The number of anilines is 1. The van der Waals surface area contributed by atoms with Gasteiger partial charge in [0.05, 0.1) is 22.6 Å². The van der Waals surface area contributed by atoms with Crippen LogP contribution in [0, 0.1) is 0 Å². The smallest absolute Gasteiger partial charge is 0.165 e. The molecule has 116 valence electrons. The number of nitrogen functional groups attached to an aromatic ring is 1. The molecule has 3 aromatic rings. The molecule has 8 heteroatoms. The van der Waals surface area contributed by atoms with Crippen molar-refractivity contribution in [3.63, 3.8) is 0 Å².